The van der Waals surface area contributed by atoms with E-state index in [4.69, 9.17) is 0 Å². The van der Waals surface area contributed by atoms with Gasteiger partial charge in [-0.25, -0.2) is 0 Å². The Hall–Kier alpha value is -4.88. The Labute approximate surface area is 345 Å². The van der Waals surface area contributed by atoms with E-state index in [-0.39, 0.29) is 21.7 Å². The summed E-state index contributed by atoms with van der Waals surface area (Å²) >= 11 is 0. The van der Waals surface area contributed by atoms with Gasteiger partial charge in [0, 0.05) is 22.2 Å². The summed E-state index contributed by atoms with van der Waals surface area (Å²) < 4.78 is 0. The van der Waals surface area contributed by atoms with Crippen LogP contribution in [0.3, 0.4) is 0 Å². The molecule has 6 atom stereocenters. The molecule has 0 amide bonds. The summed E-state index contributed by atoms with van der Waals surface area (Å²) in [5.41, 5.74) is 22.4. The second-order valence-corrected chi connectivity index (χ2v) is 21.6. The third kappa shape index (κ3) is 3.87. The normalized spacial score (nSPS) is 29.7. The number of nitrogens with zero attached hydrogens (tertiary/aromatic N) is 1. The summed E-state index contributed by atoms with van der Waals surface area (Å²) in [7, 11) is 0. The molecule has 6 aromatic carbocycles. The van der Waals surface area contributed by atoms with Gasteiger partial charge < -0.3 is 4.90 Å². The van der Waals surface area contributed by atoms with E-state index in [1.807, 2.05) is 0 Å². The first-order valence-corrected chi connectivity index (χ1v) is 22.5. The van der Waals surface area contributed by atoms with Gasteiger partial charge in [-0.15, -0.1) is 0 Å². The number of hydrogen-bond acceptors (Lipinski definition) is 1. The van der Waals surface area contributed by atoms with Crippen molar-refractivity contribution >= 4 is 17.1 Å². The maximum atomic E-state index is 2.61. The predicted octanol–water partition coefficient (Wildman–Crippen LogP) is 14.8. The molecule has 288 valence electrons. The van der Waals surface area contributed by atoms with E-state index in [1.165, 1.54) is 111 Å². The molecule has 1 heteroatoms. The number of anilines is 3. The summed E-state index contributed by atoms with van der Waals surface area (Å²) in [6, 6.07) is 50.1. The van der Waals surface area contributed by atoms with E-state index < -0.39 is 0 Å². The minimum Gasteiger partial charge on any atom is -0.310 e. The van der Waals surface area contributed by atoms with Gasteiger partial charge in [0.25, 0.3) is 0 Å². The highest BCUT2D eigenvalue weighted by Gasteiger charge is 2.84. The summed E-state index contributed by atoms with van der Waals surface area (Å²) in [6.45, 7) is 14.7. The van der Waals surface area contributed by atoms with Crippen LogP contribution in [0.5, 0.6) is 0 Å². The first-order chi connectivity index (χ1) is 28.0. The summed E-state index contributed by atoms with van der Waals surface area (Å²) in [5, 5.41) is 0. The van der Waals surface area contributed by atoms with Crippen molar-refractivity contribution in [3.05, 3.63) is 161 Å². The van der Waals surface area contributed by atoms with Crippen molar-refractivity contribution < 1.29 is 0 Å². The van der Waals surface area contributed by atoms with E-state index in [2.05, 4.69) is 174 Å². The molecule has 4 fully saturated rings. The molecule has 0 aliphatic heterocycles. The topological polar surface area (TPSA) is 3.24 Å². The Kier molecular flexibility index (Phi) is 6.36. The third-order valence-electron chi connectivity index (χ3n) is 18.0. The van der Waals surface area contributed by atoms with Crippen LogP contribution in [-0.2, 0) is 21.7 Å². The van der Waals surface area contributed by atoms with Crippen LogP contribution in [0.15, 0.2) is 127 Å². The molecular formula is C57H55N. The Morgan fingerprint density at radius 2 is 1.10 bits per heavy atom. The Morgan fingerprint density at radius 3 is 1.90 bits per heavy atom. The van der Waals surface area contributed by atoms with Crippen LogP contribution in [0.2, 0.25) is 0 Å². The molecule has 0 saturated heterocycles. The largest absolute Gasteiger partial charge is 0.310 e. The molecular weight excluding hydrogens is 699 g/mol. The molecule has 1 nitrogen and oxygen atoms in total. The molecule has 6 unspecified atom stereocenters. The molecule has 0 aromatic heterocycles. The van der Waals surface area contributed by atoms with Crippen molar-refractivity contribution in [3.63, 3.8) is 0 Å². The Bertz CT molecular complexity index is 2760. The van der Waals surface area contributed by atoms with Gasteiger partial charge in [0.15, 0.2) is 0 Å². The number of hydrogen-bond donors (Lipinski definition) is 0. The monoisotopic (exact) mass is 753 g/mol. The van der Waals surface area contributed by atoms with Crippen molar-refractivity contribution in [2.24, 2.45) is 29.1 Å². The number of fused-ring (bicyclic) bond motifs is 12. The van der Waals surface area contributed by atoms with Gasteiger partial charge in [0.1, 0.15) is 0 Å². The minimum atomic E-state index is -0.0740. The van der Waals surface area contributed by atoms with Crippen LogP contribution in [0, 0.1) is 29.1 Å². The maximum absolute atomic E-state index is 2.61. The molecule has 7 aliphatic rings. The molecule has 0 radical (unpaired) electrons. The van der Waals surface area contributed by atoms with Gasteiger partial charge in [-0.2, -0.15) is 0 Å². The molecule has 2 bridgehead atoms. The van der Waals surface area contributed by atoms with Crippen LogP contribution in [0.1, 0.15) is 113 Å². The summed E-state index contributed by atoms with van der Waals surface area (Å²) in [5.74, 6) is 3.53. The van der Waals surface area contributed by atoms with E-state index in [9.17, 15) is 0 Å². The molecule has 0 heterocycles. The third-order valence-corrected chi connectivity index (χ3v) is 18.0. The lowest BCUT2D eigenvalue weighted by Gasteiger charge is -2.76. The summed E-state index contributed by atoms with van der Waals surface area (Å²) in [6.07, 6.45) is 8.25. The highest BCUT2D eigenvalue weighted by molar-refractivity contribution is 5.92. The van der Waals surface area contributed by atoms with Crippen molar-refractivity contribution in [1.29, 1.82) is 0 Å². The van der Waals surface area contributed by atoms with Crippen molar-refractivity contribution in [1.82, 2.24) is 0 Å². The highest BCUT2D eigenvalue weighted by atomic mass is 15.1. The zero-order valence-electron chi connectivity index (χ0n) is 35.1. The maximum Gasteiger partial charge on any atom is 0.0502 e. The lowest BCUT2D eigenvalue weighted by molar-refractivity contribution is -0.231. The Balaban J connectivity index is 0.983. The van der Waals surface area contributed by atoms with Gasteiger partial charge >= 0.3 is 0 Å². The smallest absolute Gasteiger partial charge is 0.0502 e. The lowest BCUT2D eigenvalue weighted by Crippen LogP contribution is -2.73. The second kappa shape index (κ2) is 10.8. The highest BCUT2D eigenvalue weighted by Crippen LogP contribution is 2.90. The van der Waals surface area contributed by atoms with Gasteiger partial charge in [-0.05, 0) is 176 Å². The fourth-order valence-electron chi connectivity index (χ4n) is 15.6. The first-order valence-electron chi connectivity index (χ1n) is 22.5. The molecule has 13 rings (SSSR count). The molecule has 4 saturated carbocycles. The minimum absolute atomic E-state index is 0.0557. The second-order valence-electron chi connectivity index (χ2n) is 21.6. The van der Waals surface area contributed by atoms with Crippen LogP contribution < -0.4 is 4.90 Å². The van der Waals surface area contributed by atoms with Crippen molar-refractivity contribution in [3.8, 4) is 33.4 Å². The zero-order valence-corrected chi connectivity index (χ0v) is 35.1. The van der Waals surface area contributed by atoms with Crippen molar-refractivity contribution in [2.45, 2.75) is 102 Å². The molecule has 0 N–H and O–H groups in total. The standard InChI is InChI=1S/C57H55N/c1-53(2)27-28-54(3,4)52-46(53)19-12-20-48(52)58(38-25-26-42-40-13-7-9-17-44(40)55(5,6)47(42)32-38)37-23-21-35(22-24-37)39-15-11-16-43-41-14-8-10-18-45(41)57(51(39)43)49-30-34-29-36-31-50(57)56(36,49)33-34/h7-26,32,34,36,49-50H,27-31,33H2,1-6H3. The Morgan fingerprint density at radius 1 is 0.483 bits per heavy atom. The van der Waals surface area contributed by atoms with E-state index in [1.54, 1.807) is 11.1 Å². The lowest BCUT2D eigenvalue weighted by atomic mass is 9.26. The van der Waals surface area contributed by atoms with Crippen molar-refractivity contribution in [2.75, 3.05) is 4.90 Å². The van der Waals surface area contributed by atoms with Gasteiger partial charge in [-0.3, -0.25) is 0 Å². The van der Waals surface area contributed by atoms with E-state index in [0.29, 0.717) is 5.41 Å². The fraction of sp³-hybridized carbons (Fsp3) is 0.368. The quantitative estimate of drug-likeness (QED) is 0.173. The van der Waals surface area contributed by atoms with Gasteiger partial charge in [0.05, 0.1) is 5.69 Å². The molecule has 6 aromatic rings. The molecule has 7 aliphatic carbocycles. The zero-order chi connectivity index (χ0) is 39.1. The van der Waals surface area contributed by atoms with E-state index >= 15 is 0 Å². The predicted molar refractivity (Wildman–Crippen MR) is 240 cm³/mol. The van der Waals surface area contributed by atoms with Gasteiger partial charge in [0.2, 0.25) is 0 Å². The van der Waals surface area contributed by atoms with Crippen LogP contribution in [0.25, 0.3) is 33.4 Å². The SMILES string of the molecule is CC1(C)CCC(C)(C)c2c(N(c3ccc(-c4cccc5c4C4(c6ccccc6-5)C5CC6CC7CC4C75C6)cc3)c3ccc4c(c3)C(C)(C)c3ccccc3-4)cccc21. The van der Waals surface area contributed by atoms with Crippen LogP contribution in [-0.4, -0.2) is 0 Å². The summed E-state index contributed by atoms with van der Waals surface area (Å²) in [4.78, 5) is 2.61. The fourth-order valence-corrected chi connectivity index (χ4v) is 15.6. The average Bonchev–Trinajstić information content (AvgIpc) is 3.92. The van der Waals surface area contributed by atoms with Gasteiger partial charge in [-0.1, -0.05) is 139 Å². The van der Waals surface area contributed by atoms with Crippen LogP contribution in [0.4, 0.5) is 17.1 Å². The molecule has 2 spiro atoms. The number of benzene rings is 6. The van der Waals surface area contributed by atoms with Crippen LogP contribution >= 0.6 is 0 Å². The molecule has 58 heavy (non-hydrogen) atoms. The average molecular weight is 754 g/mol. The van der Waals surface area contributed by atoms with E-state index in [0.717, 1.165) is 23.7 Å². The number of rotatable bonds is 4. The first kappa shape index (κ1) is 34.0.